The van der Waals surface area contributed by atoms with Crippen LogP contribution in [0.1, 0.15) is 45.1 Å². The molecule has 1 fully saturated rings. The normalized spacial score (nSPS) is 28.3. The third-order valence-corrected chi connectivity index (χ3v) is 4.64. The van der Waals surface area contributed by atoms with Gasteiger partial charge in [-0.05, 0) is 37.3 Å². The van der Waals surface area contributed by atoms with Gasteiger partial charge in [-0.25, -0.2) is 0 Å². The number of nitrogens with zero attached hydrogens (tertiary/aromatic N) is 1. The van der Waals surface area contributed by atoms with E-state index >= 15 is 0 Å². The third kappa shape index (κ3) is 3.51. The zero-order valence-corrected chi connectivity index (χ0v) is 13.1. The highest BCUT2D eigenvalue weighted by molar-refractivity contribution is 6.31. The summed E-state index contributed by atoms with van der Waals surface area (Å²) in [4.78, 5) is 3.99. The van der Waals surface area contributed by atoms with Gasteiger partial charge in [0, 0.05) is 25.4 Å². The second kappa shape index (κ2) is 6.88. The van der Waals surface area contributed by atoms with E-state index in [1.807, 2.05) is 13.0 Å². The van der Waals surface area contributed by atoms with Gasteiger partial charge in [0.2, 0.25) is 0 Å². The molecule has 1 aromatic heterocycles. The molecular weight excluding hydrogens is 274 g/mol. The molecule has 112 valence electrons. The predicted octanol–water partition coefficient (Wildman–Crippen LogP) is 3.62. The standard InChI is InChI=1S/C16H24ClNO2/c1-3-20-16(7-4-5-12(2)10-16)15(19)9-13-6-8-18-11-14(13)17/h6,8,11-12,15,19H,3-5,7,9-10H2,1-2H3. The van der Waals surface area contributed by atoms with E-state index < -0.39 is 11.7 Å². The lowest BCUT2D eigenvalue weighted by Gasteiger charge is -2.43. The average molecular weight is 298 g/mol. The van der Waals surface area contributed by atoms with Gasteiger partial charge in [-0.2, -0.15) is 0 Å². The minimum atomic E-state index is -0.523. The molecule has 1 heterocycles. The zero-order valence-electron chi connectivity index (χ0n) is 12.3. The Hall–Kier alpha value is -0.640. The summed E-state index contributed by atoms with van der Waals surface area (Å²) in [7, 11) is 0. The maximum Gasteiger partial charge on any atom is 0.0945 e. The number of halogens is 1. The Balaban J connectivity index is 2.14. The van der Waals surface area contributed by atoms with Gasteiger partial charge in [0.25, 0.3) is 0 Å². The summed E-state index contributed by atoms with van der Waals surface area (Å²) in [5.74, 6) is 0.595. The second-order valence-electron chi connectivity index (χ2n) is 5.89. The quantitative estimate of drug-likeness (QED) is 0.902. The number of aliphatic hydroxyl groups is 1. The van der Waals surface area contributed by atoms with Gasteiger partial charge in [0.15, 0.2) is 0 Å². The monoisotopic (exact) mass is 297 g/mol. The fourth-order valence-electron chi connectivity index (χ4n) is 3.32. The van der Waals surface area contributed by atoms with Crippen LogP contribution < -0.4 is 0 Å². The van der Waals surface area contributed by atoms with Crippen molar-refractivity contribution < 1.29 is 9.84 Å². The largest absolute Gasteiger partial charge is 0.390 e. The maximum absolute atomic E-state index is 10.7. The number of aliphatic hydroxyl groups excluding tert-OH is 1. The Kier molecular flexibility index (Phi) is 5.42. The lowest BCUT2D eigenvalue weighted by Crippen LogP contribution is -2.49. The van der Waals surface area contributed by atoms with Crippen LogP contribution in [0.15, 0.2) is 18.5 Å². The van der Waals surface area contributed by atoms with Crippen molar-refractivity contribution in [2.45, 2.75) is 57.7 Å². The van der Waals surface area contributed by atoms with Gasteiger partial charge in [0.05, 0.1) is 16.7 Å². The van der Waals surface area contributed by atoms with Gasteiger partial charge in [-0.3, -0.25) is 4.98 Å². The smallest absolute Gasteiger partial charge is 0.0945 e. The summed E-state index contributed by atoms with van der Waals surface area (Å²) in [6.07, 6.45) is 7.52. The Bertz CT molecular complexity index is 436. The molecule has 1 aliphatic rings. The first-order valence-electron chi connectivity index (χ1n) is 7.48. The highest BCUT2D eigenvalue weighted by Crippen LogP contribution is 2.39. The van der Waals surface area contributed by atoms with Crippen molar-refractivity contribution in [3.05, 3.63) is 29.0 Å². The summed E-state index contributed by atoms with van der Waals surface area (Å²) in [6, 6.07) is 1.87. The van der Waals surface area contributed by atoms with Crippen molar-refractivity contribution in [3.63, 3.8) is 0 Å². The minimum absolute atomic E-state index is 0.418. The fourth-order valence-corrected chi connectivity index (χ4v) is 3.52. The molecule has 2 rings (SSSR count). The summed E-state index contributed by atoms with van der Waals surface area (Å²) in [5.41, 5.74) is 0.519. The van der Waals surface area contributed by atoms with Crippen LogP contribution in [0.3, 0.4) is 0 Å². The minimum Gasteiger partial charge on any atom is -0.390 e. The molecule has 3 atom stereocenters. The lowest BCUT2D eigenvalue weighted by atomic mass is 9.74. The second-order valence-corrected chi connectivity index (χ2v) is 6.29. The van der Waals surface area contributed by atoms with Crippen LogP contribution in [0.2, 0.25) is 5.02 Å². The van der Waals surface area contributed by atoms with Gasteiger partial charge in [0.1, 0.15) is 0 Å². The molecule has 0 aliphatic heterocycles. The maximum atomic E-state index is 10.7. The highest BCUT2D eigenvalue weighted by Gasteiger charge is 2.42. The predicted molar refractivity (Wildman–Crippen MR) is 80.9 cm³/mol. The van der Waals surface area contributed by atoms with Crippen LogP contribution in [0.5, 0.6) is 0 Å². The molecule has 0 saturated heterocycles. The molecule has 3 unspecified atom stereocenters. The van der Waals surface area contributed by atoms with Crippen molar-refractivity contribution in [1.29, 1.82) is 0 Å². The Morgan fingerprint density at radius 1 is 1.60 bits per heavy atom. The number of ether oxygens (including phenoxy) is 1. The van der Waals surface area contributed by atoms with Gasteiger partial charge in [-0.1, -0.05) is 31.4 Å². The summed E-state index contributed by atoms with van der Waals surface area (Å²) >= 11 is 6.14. The Labute approximate surface area is 126 Å². The van der Waals surface area contributed by atoms with Gasteiger partial charge >= 0.3 is 0 Å². The molecule has 20 heavy (non-hydrogen) atoms. The molecule has 0 radical (unpaired) electrons. The molecular formula is C16H24ClNO2. The van der Waals surface area contributed by atoms with Crippen molar-refractivity contribution in [1.82, 2.24) is 4.98 Å². The van der Waals surface area contributed by atoms with Crippen LogP contribution in [0.25, 0.3) is 0 Å². The molecule has 3 nitrogen and oxygen atoms in total. The first kappa shape index (κ1) is 15.7. The number of rotatable bonds is 5. The molecule has 1 saturated carbocycles. The molecule has 0 amide bonds. The van der Waals surface area contributed by atoms with E-state index in [0.717, 1.165) is 24.8 Å². The number of pyridine rings is 1. The fraction of sp³-hybridized carbons (Fsp3) is 0.688. The molecule has 0 bridgehead atoms. The van der Waals surface area contributed by atoms with E-state index in [2.05, 4.69) is 11.9 Å². The summed E-state index contributed by atoms with van der Waals surface area (Å²) in [6.45, 7) is 4.86. The van der Waals surface area contributed by atoms with E-state index in [-0.39, 0.29) is 0 Å². The molecule has 0 spiro atoms. The van der Waals surface area contributed by atoms with E-state index in [1.165, 1.54) is 6.42 Å². The third-order valence-electron chi connectivity index (χ3n) is 4.30. The van der Waals surface area contributed by atoms with Crippen LogP contribution in [-0.2, 0) is 11.2 Å². The molecule has 1 aliphatic carbocycles. The van der Waals surface area contributed by atoms with Crippen molar-refractivity contribution >= 4 is 11.6 Å². The number of hydrogen-bond donors (Lipinski definition) is 1. The first-order chi connectivity index (χ1) is 9.57. The summed E-state index contributed by atoms with van der Waals surface area (Å²) in [5, 5.41) is 11.4. The van der Waals surface area contributed by atoms with Crippen molar-refractivity contribution in [2.24, 2.45) is 5.92 Å². The average Bonchev–Trinajstić information content (AvgIpc) is 2.41. The Morgan fingerprint density at radius 2 is 2.40 bits per heavy atom. The number of aromatic nitrogens is 1. The van der Waals surface area contributed by atoms with Crippen molar-refractivity contribution in [2.75, 3.05) is 6.61 Å². The Morgan fingerprint density at radius 3 is 3.05 bits per heavy atom. The topological polar surface area (TPSA) is 42.4 Å². The van der Waals surface area contributed by atoms with Crippen LogP contribution in [0.4, 0.5) is 0 Å². The van der Waals surface area contributed by atoms with Crippen LogP contribution >= 0.6 is 11.6 Å². The van der Waals surface area contributed by atoms with E-state index in [4.69, 9.17) is 16.3 Å². The molecule has 4 heteroatoms. The van der Waals surface area contributed by atoms with E-state index in [1.54, 1.807) is 12.4 Å². The molecule has 1 aromatic rings. The lowest BCUT2D eigenvalue weighted by molar-refractivity contribution is -0.147. The van der Waals surface area contributed by atoms with Gasteiger partial charge in [-0.15, -0.1) is 0 Å². The van der Waals surface area contributed by atoms with Crippen molar-refractivity contribution in [3.8, 4) is 0 Å². The zero-order chi connectivity index (χ0) is 14.6. The highest BCUT2D eigenvalue weighted by atomic mass is 35.5. The van der Waals surface area contributed by atoms with E-state index in [9.17, 15) is 5.11 Å². The first-order valence-corrected chi connectivity index (χ1v) is 7.85. The van der Waals surface area contributed by atoms with Gasteiger partial charge < -0.3 is 9.84 Å². The summed E-state index contributed by atoms with van der Waals surface area (Å²) < 4.78 is 6.01. The molecule has 1 N–H and O–H groups in total. The SMILES string of the molecule is CCOC1(C(O)Cc2ccncc2Cl)CCCC(C)C1. The van der Waals surface area contributed by atoms with Crippen LogP contribution in [0, 0.1) is 5.92 Å². The van der Waals surface area contributed by atoms with Crippen LogP contribution in [-0.4, -0.2) is 28.4 Å². The van der Waals surface area contributed by atoms with E-state index in [0.29, 0.717) is 24.0 Å². The molecule has 0 aromatic carbocycles. The number of hydrogen-bond acceptors (Lipinski definition) is 3.